The summed E-state index contributed by atoms with van der Waals surface area (Å²) in [6, 6.07) is 12.4. The number of hydrogen-bond donors (Lipinski definition) is 2. The van der Waals surface area contributed by atoms with Crippen LogP contribution in [0.1, 0.15) is 22.1 Å². The predicted molar refractivity (Wildman–Crippen MR) is 102 cm³/mol. The first kappa shape index (κ1) is 18.6. The summed E-state index contributed by atoms with van der Waals surface area (Å²) in [7, 11) is 0. The summed E-state index contributed by atoms with van der Waals surface area (Å²) in [6.45, 7) is 3.05. The normalized spacial score (nSPS) is 16.2. The molecule has 1 unspecified atom stereocenters. The van der Waals surface area contributed by atoms with Gasteiger partial charge in [0.1, 0.15) is 17.3 Å². The van der Waals surface area contributed by atoms with Gasteiger partial charge < -0.3 is 15.0 Å². The van der Waals surface area contributed by atoms with E-state index in [1.807, 2.05) is 0 Å². The van der Waals surface area contributed by atoms with Crippen LogP contribution in [0.25, 0.3) is 10.9 Å². The third kappa shape index (κ3) is 3.90. The van der Waals surface area contributed by atoms with Crippen LogP contribution in [0.15, 0.2) is 48.5 Å². The highest BCUT2D eigenvalue weighted by Gasteiger charge is 2.24. The summed E-state index contributed by atoms with van der Waals surface area (Å²) in [5.41, 5.74) is 1.81. The summed E-state index contributed by atoms with van der Waals surface area (Å²) < 4.78 is 32.6. The Morgan fingerprint density at radius 2 is 1.89 bits per heavy atom. The Morgan fingerprint density at radius 3 is 2.61 bits per heavy atom. The lowest BCUT2D eigenvalue weighted by molar-refractivity contribution is 0.0162. The molecule has 1 atom stereocenters. The maximum absolute atomic E-state index is 13.9. The molecule has 2 heterocycles. The summed E-state index contributed by atoms with van der Waals surface area (Å²) in [6.07, 6.45) is 0. The molecule has 1 aliphatic rings. The molecule has 5 nitrogen and oxygen atoms in total. The van der Waals surface area contributed by atoms with Crippen LogP contribution in [0, 0.1) is 11.6 Å². The summed E-state index contributed by atoms with van der Waals surface area (Å²) in [4.78, 5) is 17.8. The van der Waals surface area contributed by atoms with Crippen LogP contribution in [-0.4, -0.2) is 48.6 Å². The van der Waals surface area contributed by atoms with Crippen molar-refractivity contribution in [3.05, 3.63) is 71.4 Å². The third-order valence-corrected chi connectivity index (χ3v) is 5.05. The van der Waals surface area contributed by atoms with Crippen molar-refractivity contribution in [1.82, 2.24) is 15.2 Å². The van der Waals surface area contributed by atoms with E-state index in [0.717, 1.165) is 18.7 Å². The second-order valence-electron chi connectivity index (χ2n) is 6.81. The molecule has 2 aromatic carbocycles. The van der Waals surface area contributed by atoms with Crippen LogP contribution in [0.2, 0.25) is 0 Å². The number of aromatic nitrogens is 1. The minimum atomic E-state index is -0.370. The molecule has 1 fully saturated rings. The number of benzene rings is 2. The number of carbonyl (C=O) groups excluding carboxylic acids is 1. The molecule has 0 saturated carbocycles. The van der Waals surface area contributed by atoms with Gasteiger partial charge in [-0.15, -0.1) is 0 Å². The lowest BCUT2D eigenvalue weighted by Gasteiger charge is -2.34. The van der Waals surface area contributed by atoms with E-state index in [2.05, 4.69) is 15.2 Å². The van der Waals surface area contributed by atoms with Crippen molar-refractivity contribution in [3.8, 4) is 0 Å². The fourth-order valence-corrected chi connectivity index (χ4v) is 3.56. The molecule has 3 aromatic rings. The standard InChI is InChI=1S/C21H21F2N3O2/c22-15-6-4-14(5-7-15)20(26-8-10-28-11-9-26)13-24-21(27)19-12-16-17(23)2-1-3-18(16)25-19/h1-7,12,20,25H,8-11,13H2,(H,24,27). The van der Waals surface area contributed by atoms with Crippen molar-refractivity contribution in [2.75, 3.05) is 32.8 Å². The Balaban J connectivity index is 1.51. The van der Waals surface area contributed by atoms with Crippen molar-refractivity contribution in [2.45, 2.75) is 6.04 Å². The van der Waals surface area contributed by atoms with Crippen LogP contribution in [0.3, 0.4) is 0 Å². The smallest absolute Gasteiger partial charge is 0.267 e. The van der Waals surface area contributed by atoms with Gasteiger partial charge >= 0.3 is 0 Å². The Labute approximate surface area is 161 Å². The number of ether oxygens (including phenoxy) is 1. The van der Waals surface area contributed by atoms with Gasteiger partial charge in [0.25, 0.3) is 5.91 Å². The number of morpholine rings is 1. The van der Waals surface area contributed by atoms with E-state index in [0.29, 0.717) is 36.4 Å². The van der Waals surface area contributed by atoms with Gasteiger partial charge in [-0.05, 0) is 35.9 Å². The maximum Gasteiger partial charge on any atom is 0.267 e. The number of aromatic amines is 1. The van der Waals surface area contributed by atoms with E-state index in [1.54, 1.807) is 24.3 Å². The number of amides is 1. The van der Waals surface area contributed by atoms with Gasteiger partial charge in [0, 0.05) is 30.5 Å². The van der Waals surface area contributed by atoms with Crippen molar-refractivity contribution in [3.63, 3.8) is 0 Å². The molecule has 146 valence electrons. The Morgan fingerprint density at radius 1 is 1.14 bits per heavy atom. The monoisotopic (exact) mass is 385 g/mol. The lowest BCUT2D eigenvalue weighted by atomic mass is 10.0. The number of nitrogens with zero attached hydrogens (tertiary/aromatic N) is 1. The summed E-state index contributed by atoms with van der Waals surface area (Å²) in [5.74, 6) is -0.977. The van der Waals surface area contributed by atoms with Crippen LogP contribution in [0.5, 0.6) is 0 Å². The molecule has 0 spiro atoms. The fraction of sp³-hybridized carbons (Fsp3) is 0.286. The summed E-state index contributed by atoms with van der Waals surface area (Å²) >= 11 is 0. The van der Waals surface area contributed by atoms with Gasteiger partial charge in [-0.3, -0.25) is 9.69 Å². The molecule has 2 N–H and O–H groups in total. The highest BCUT2D eigenvalue weighted by atomic mass is 19.1. The number of H-pyrrole nitrogens is 1. The van der Waals surface area contributed by atoms with E-state index in [1.165, 1.54) is 24.3 Å². The maximum atomic E-state index is 13.9. The highest BCUT2D eigenvalue weighted by Crippen LogP contribution is 2.22. The lowest BCUT2D eigenvalue weighted by Crippen LogP contribution is -2.43. The second kappa shape index (κ2) is 8.08. The molecular weight excluding hydrogens is 364 g/mol. The predicted octanol–water partition coefficient (Wildman–Crippen LogP) is 3.25. The molecule has 0 aliphatic carbocycles. The average molecular weight is 385 g/mol. The quantitative estimate of drug-likeness (QED) is 0.709. The van der Waals surface area contributed by atoms with Crippen LogP contribution in [0.4, 0.5) is 8.78 Å². The molecular formula is C21H21F2N3O2. The molecule has 1 aliphatic heterocycles. The first-order valence-electron chi connectivity index (χ1n) is 9.24. The number of carbonyl (C=O) groups is 1. The van der Waals surface area contributed by atoms with Gasteiger partial charge in [0.05, 0.1) is 19.3 Å². The van der Waals surface area contributed by atoms with Crippen LogP contribution >= 0.6 is 0 Å². The van der Waals surface area contributed by atoms with E-state index < -0.39 is 0 Å². The number of hydrogen-bond acceptors (Lipinski definition) is 3. The first-order chi connectivity index (χ1) is 13.6. The van der Waals surface area contributed by atoms with Gasteiger partial charge in [-0.25, -0.2) is 8.78 Å². The topological polar surface area (TPSA) is 57.4 Å². The minimum absolute atomic E-state index is 0.102. The van der Waals surface area contributed by atoms with Crippen LogP contribution < -0.4 is 5.32 Å². The molecule has 0 radical (unpaired) electrons. The number of fused-ring (bicyclic) bond motifs is 1. The van der Waals surface area contributed by atoms with Gasteiger partial charge in [0.15, 0.2) is 0 Å². The van der Waals surface area contributed by atoms with E-state index >= 15 is 0 Å². The largest absolute Gasteiger partial charge is 0.379 e. The minimum Gasteiger partial charge on any atom is -0.379 e. The number of nitrogens with one attached hydrogen (secondary N) is 2. The van der Waals surface area contributed by atoms with Crippen molar-refractivity contribution in [2.24, 2.45) is 0 Å². The Hall–Kier alpha value is -2.77. The zero-order valence-electron chi connectivity index (χ0n) is 15.3. The van der Waals surface area contributed by atoms with Gasteiger partial charge in [-0.1, -0.05) is 18.2 Å². The molecule has 1 saturated heterocycles. The summed E-state index contributed by atoms with van der Waals surface area (Å²) in [5, 5.41) is 3.31. The Kier molecular flexibility index (Phi) is 5.36. The fourth-order valence-electron chi connectivity index (χ4n) is 3.56. The molecule has 1 amide bonds. The zero-order chi connectivity index (χ0) is 19.5. The zero-order valence-corrected chi connectivity index (χ0v) is 15.3. The SMILES string of the molecule is O=C(NCC(c1ccc(F)cc1)N1CCOCC1)c1cc2c(F)cccc2[nH]1. The molecule has 7 heteroatoms. The van der Waals surface area contributed by atoms with Crippen LogP contribution in [-0.2, 0) is 4.74 Å². The van der Waals surface area contributed by atoms with Gasteiger partial charge in [0.2, 0.25) is 0 Å². The van der Waals surface area contributed by atoms with Crippen molar-refractivity contribution >= 4 is 16.8 Å². The van der Waals surface area contributed by atoms with E-state index in [9.17, 15) is 13.6 Å². The van der Waals surface area contributed by atoms with Crippen molar-refractivity contribution < 1.29 is 18.3 Å². The Bertz CT molecular complexity index is 965. The molecule has 1 aromatic heterocycles. The molecule has 28 heavy (non-hydrogen) atoms. The first-order valence-corrected chi connectivity index (χ1v) is 9.24. The second-order valence-corrected chi connectivity index (χ2v) is 6.81. The average Bonchev–Trinajstić information content (AvgIpc) is 3.16. The van der Waals surface area contributed by atoms with Crippen molar-refractivity contribution in [1.29, 1.82) is 0 Å². The molecule has 4 rings (SSSR count). The van der Waals surface area contributed by atoms with E-state index in [4.69, 9.17) is 4.74 Å². The highest BCUT2D eigenvalue weighted by molar-refractivity contribution is 5.98. The number of rotatable bonds is 5. The van der Waals surface area contributed by atoms with E-state index in [-0.39, 0.29) is 23.6 Å². The molecule has 0 bridgehead atoms. The third-order valence-electron chi connectivity index (χ3n) is 5.05. The number of halogens is 2. The van der Waals surface area contributed by atoms with Gasteiger partial charge in [-0.2, -0.15) is 0 Å².